The van der Waals surface area contributed by atoms with Crippen molar-refractivity contribution < 1.29 is 24.2 Å². The Morgan fingerprint density at radius 3 is 2.49 bits per heavy atom. The molecule has 1 aromatic rings. The molecular weight excluding hydrogens is 470 g/mol. The molecule has 0 saturated carbocycles. The van der Waals surface area contributed by atoms with Crippen molar-refractivity contribution in [3.05, 3.63) is 30.3 Å². The van der Waals surface area contributed by atoms with Crippen molar-refractivity contribution in [1.29, 1.82) is 0 Å². The molecule has 3 aliphatic rings. The summed E-state index contributed by atoms with van der Waals surface area (Å²) in [6, 6.07) is 7.83. The summed E-state index contributed by atoms with van der Waals surface area (Å²) in [6.45, 7) is 8.44. The standard InChI is InChI=1S/C29H43N3O5/c1-5-7-11-16-30-26(35)24-29-15-14-28(6-2,37-29)22(25(34)31-20-12-9-8-10-13-20)23(29)27(36)32(24)21(18-33)17-19(3)4/h8-10,12-13,19,21-24,33H,5-7,11,14-18H2,1-4H3,(H,30,35)(H,31,34)/t21-,22+,23+,24?,28-,29?/m1/s1. The third-order valence-corrected chi connectivity index (χ3v) is 8.62. The molecule has 0 radical (unpaired) electrons. The van der Waals surface area contributed by atoms with E-state index in [-0.39, 0.29) is 30.2 Å². The van der Waals surface area contributed by atoms with Crippen LogP contribution in [0.5, 0.6) is 0 Å². The van der Waals surface area contributed by atoms with Crippen molar-refractivity contribution in [3.8, 4) is 0 Å². The predicted octanol–water partition coefficient (Wildman–Crippen LogP) is 3.49. The zero-order valence-corrected chi connectivity index (χ0v) is 22.7. The Morgan fingerprint density at radius 2 is 1.86 bits per heavy atom. The average Bonchev–Trinajstić information content (AvgIpc) is 3.49. The number of hydrogen-bond donors (Lipinski definition) is 3. The number of nitrogens with zero attached hydrogens (tertiary/aromatic N) is 1. The van der Waals surface area contributed by atoms with Crippen LogP contribution in [0.2, 0.25) is 0 Å². The molecule has 1 spiro atoms. The number of anilines is 1. The second-order valence-corrected chi connectivity index (χ2v) is 11.4. The highest BCUT2D eigenvalue weighted by Crippen LogP contribution is 2.64. The van der Waals surface area contributed by atoms with E-state index in [1.807, 2.05) is 51.1 Å². The topological polar surface area (TPSA) is 108 Å². The molecule has 0 aliphatic carbocycles. The Labute approximate surface area is 220 Å². The lowest BCUT2D eigenvalue weighted by atomic mass is 9.65. The first kappa shape index (κ1) is 27.6. The number of unbranched alkanes of at least 4 members (excludes halogenated alkanes) is 2. The Kier molecular flexibility index (Phi) is 8.29. The van der Waals surface area contributed by atoms with Crippen LogP contribution >= 0.6 is 0 Å². The van der Waals surface area contributed by atoms with Crippen molar-refractivity contribution in [3.63, 3.8) is 0 Å². The van der Waals surface area contributed by atoms with Gasteiger partial charge in [0.1, 0.15) is 11.6 Å². The van der Waals surface area contributed by atoms with Gasteiger partial charge in [-0.1, -0.05) is 58.7 Å². The van der Waals surface area contributed by atoms with Crippen LogP contribution in [0.15, 0.2) is 30.3 Å². The van der Waals surface area contributed by atoms with Crippen molar-refractivity contribution in [2.24, 2.45) is 17.8 Å². The third-order valence-electron chi connectivity index (χ3n) is 8.62. The average molecular weight is 514 g/mol. The van der Waals surface area contributed by atoms with Crippen LogP contribution in [0.4, 0.5) is 5.69 Å². The monoisotopic (exact) mass is 513 g/mol. The number of rotatable bonds is 12. The van der Waals surface area contributed by atoms with Gasteiger partial charge in [0.2, 0.25) is 17.7 Å². The summed E-state index contributed by atoms with van der Waals surface area (Å²) >= 11 is 0. The fourth-order valence-electron chi connectivity index (χ4n) is 6.99. The van der Waals surface area contributed by atoms with Crippen molar-refractivity contribution >= 4 is 23.4 Å². The van der Waals surface area contributed by atoms with Crippen LogP contribution in [0.25, 0.3) is 0 Å². The van der Waals surface area contributed by atoms with E-state index in [1.54, 1.807) is 4.90 Å². The molecular formula is C29H43N3O5. The second kappa shape index (κ2) is 11.1. The van der Waals surface area contributed by atoms with Gasteiger partial charge < -0.3 is 25.4 Å². The SMILES string of the molecule is CCCCCNC(=O)C1N([C@@H](CO)CC(C)C)C(=O)[C@@H]2[C@@H](C(=O)Nc3ccccc3)[C@@]3(CC)CCC12O3. The molecule has 8 heteroatoms. The maximum atomic E-state index is 14.2. The van der Waals surface area contributed by atoms with E-state index in [2.05, 4.69) is 17.6 Å². The van der Waals surface area contributed by atoms with E-state index in [4.69, 9.17) is 4.74 Å². The number of para-hydroxylation sites is 1. The lowest BCUT2D eigenvalue weighted by Crippen LogP contribution is -2.58. The third kappa shape index (κ3) is 4.78. The van der Waals surface area contributed by atoms with Crippen molar-refractivity contribution in [2.45, 2.75) is 95.9 Å². The molecule has 1 aromatic carbocycles. The Hall–Kier alpha value is -2.45. The first-order valence-electron chi connectivity index (χ1n) is 14.0. The van der Waals surface area contributed by atoms with Crippen LogP contribution in [0.3, 0.4) is 0 Å². The van der Waals surface area contributed by atoms with E-state index in [9.17, 15) is 19.5 Å². The van der Waals surface area contributed by atoms with Crippen molar-refractivity contribution in [1.82, 2.24) is 10.2 Å². The molecule has 2 bridgehead atoms. The number of aliphatic hydroxyl groups excluding tert-OH is 1. The van der Waals surface area contributed by atoms with Crippen LogP contribution in [0.1, 0.15) is 72.6 Å². The molecule has 8 nitrogen and oxygen atoms in total. The maximum Gasteiger partial charge on any atom is 0.245 e. The number of aliphatic hydroxyl groups is 1. The largest absolute Gasteiger partial charge is 0.394 e. The van der Waals surface area contributed by atoms with Crippen molar-refractivity contribution in [2.75, 3.05) is 18.5 Å². The number of ether oxygens (including phenoxy) is 1. The highest BCUT2D eigenvalue weighted by atomic mass is 16.5. The van der Waals surface area contributed by atoms with Gasteiger partial charge in [0, 0.05) is 12.2 Å². The molecule has 4 rings (SSSR count). The predicted molar refractivity (Wildman–Crippen MR) is 142 cm³/mol. The first-order chi connectivity index (χ1) is 17.7. The molecule has 3 heterocycles. The molecule has 37 heavy (non-hydrogen) atoms. The first-order valence-corrected chi connectivity index (χ1v) is 14.0. The summed E-state index contributed by atoms with van der Waals surface area (Å²) in [4.78, 5) is 43.4. The van der Waals surface area contributed by atoms with Gasteiger partial charge in [0.15, 0.2) is 0 Å². The van der Waals surface area contributed by atoms with Gasteiger partial charge in [-0.25, -0.2) is 0 Å². The number of amides is 3. The minimum absolute atomic E-state index is 0.215. The molecule has 3 fully saturated rings. The summed E-state index contributed by atoms with van der Waals surface area (Å²) in [7, 11) is 0. The van der Waals surface area contributed by atoms with E-state index < -0.39 is 35.1 Å². The molecule has 3 aliphatic heterocycles. The summed E-state index contributed by atoms with van der Waals surface area (Å²) in [5.74, 6) is -2.01. The number of likely N-dealkylation sites (tertiary alicyclic amines) is 1. The van der Waals surface area contributed by atoms with E-state index >= 15 is 0 Å². The lowest BCUT2D eigenvalue weighted by molar-refractivity contribution is -0.150. The summed E-state index contributed by atoms with van der Waals surface area (Å²) < 4.78 is 6.79. The fourth-order valence-corrected chi connectivity index (χ4v) is 6.99. The number of carbonyl (C=O) groups is 3. The highest BCUT2D eigenvalue weighted by molar-refractivity contribution is 6.02. The number of fused-ring (bicyclic) bond motifs is 1. The fraction of sp³-hybridized carbons (Fsp3) is 0.690. The number of nitrogens with one attached hydrogen (secondary N) is 2. The zero-order chi connectivity index (χ0) is 26.8. The van der Waals surface area contributed by atoms with Gasteiger partial charge in [-0.15, -0.1) is 0 Å². The van der Waals surface area contributed by atoms with Gasteiger partial charge in [-0.05, 0) is 50.2 Å². The van der Waals surface area contributed by atoms with E-state index in [0.717, 1.165) is 19.3 Å². The molecule has 3 amide bonds. The van der Waals surface area contributed by atoms with Crippen LogP contribution in [0, 0.1) is 17.8 Å². The smallest absolute Gasteiger partial charge is 0.245 e. The minimum Gasteiger partial charge on any atom is -0.394 e. The Balaban J connectivity index is 1.72. The zero-order valence-electron chi connectivity index (χ0n) is 22.7. The minimum atomic E-state index is -1.08. The lowest BCUT2D eigenvalue weighted by Gasteiger charge is -2.38. The molecule has 3 N–H and O–H groups in total. The summed E-state index contributed by atoms with van der Waals surface area (Å²) in [5, 5.41) is 16.4. The second-order valence-electron chi connectivity index (χ2n) is 11.4. The van der Waals surface area contributed by atoms with Crippen LogP contribution in [-0.2, 0) is 19.1 Å². The highest BCUT2D eigenvalue weighted by Gasteiger charge is 2.79. The van der Waals surface area contributed by atoms with E-state index in [0.29, 0.717) is 37.9 Å². The molecule has 0 aromatic heterocycles. The Morgan fingerprint density at radius 1 is 1.14 bits per heavy atom. The normalized spacial score (nSPS) is 31.0. The summed E-state index contributed by atoms with van der Waals surface area (Å²) in [5.41, 5.74) is -1.21. The maximum absolute atomic E-state index is 14.2. The quantitative estimate of drug-likeness (QED) is 0.371. The number of hydrogen-bond acceptors (Lipinski definition) is 5. The molecule has 204 valence electrons. The molecule has 2 unspecified atom stereocenters. The molecule has 6 atom stereocenters. The number of benzene rings is 1. The number of carbonyl (C=O) groups excluding carboxylic acids is 3. The molecule has 3 saturated heterocycles. The van der Waals surface area contributed by atoms with Crippen LogP contribution < -0.4 is 10.6 Å². The van der Waals surface area contributed by atoms with Gasteiger partial charge >= 0.3 is 0 Å². The van der Waals surface area contributed by atoms with Gasteiger partial charge in [0.05, 0.1) is 30.1 Å². The summed E-state index contributed by atoms with van der Waals surface area (Å²) in [6.07, 6.45) is 5.19. The van der Waals surface area contributed by atoms with E-state index in [1.165, 1.54) is 0 Å². The van der Waals surface area contributed by atoms with Gasteiger partial charge in [-0.3, -0.25) is 14.4 Å². The van der Waals surface area contributed by atoms with Gasteiger partial charge in [0.25, 0.3) is 0 Å². The van der Waals surface area contributed by atoms with Gasteiger partial charge in [-0.2, -0.15) is 0 Å². The van der Waals surface area contributed by atoms with Crippen LogP contribution in [-0.4, -0.2) is 64.2 Å². The Bertz CT molecular complexity index is 985.